The molecular formula is C52H33BN2. The molecule has 0 aromatic heterocycles. The summed E-state index contributed by atoms with van der Waals surface area (Å²) in [6.45, 7) is -0.00788. The van der Waals surface area contributed by atoms with Crippen LogP contribution in [0.15, 0.2) is 200 Å². The molecule has 12 rings (SSSR count). The maximum Gasteiger partial charge on any atom is 0.252 e. The highest BCUT2D eigenvalue weighted by molar-refractivity contribution is 7.00. The van der Waals surface area contributed by atoms with Crippen LogP contribution in [0, 0.1) is 0 Å². The van der Waals surface area contributed by atoms with Gasteiger partial charge in [0.25, 0.3) is 6.71 Å². The van der Waals surface area contributed by atoms with E-state index in [0.29, 0.717) is 0 Å². The molecule has 254 valence electrons. The predicted octanol–water partition coefficient (Wildman–Crippen LogP) is 12.0. The van der Waals surface area contributed by atoms with E-state index in [-0.39, 0.29) is 6.71 Å². The lowest BCUT2D eigenvalue weighted by Crippen LogP contribution is -2.61. The van der Waals surface area contributed by atoms with Gasteiger partial charge in [0.1, 0.15) is 0 Å². The van der Waals surface area contributed by atoms with Crippen molar-refractivity contribution >= 4 is 100 Å². The Morgan fingerprint density at radius 3 is 1.20 bits per heavy atom. The molecule has 0 aliphatic carbocycles. The van der Waals surface area contributed by atoms with E-state index in [1.54, 1.807) is 0 Å². The molecule has 0 saturated heterocycles. The average Bonchev–Trinajstić information content (AvgIpc) is 3.25. The summed E-state index contributed by atoms with van der Waals surface area (Å²) >= 11 is 0. The molecule has 10 aromatic carbocycles. The first-order valence-electron chi connectivity index (χ1n) is 19.1. The summed E-state index contributed by atoms with van der Waals surface area (Å²) in [5.74, 6) is 0. The highest BCUT2D eigenvalue weighted by atomic mass is 15.2. The minimum atomic E-state index is -0.00788. The third-order valence-electron chi connectivity index (χ3n) is 11.9. The summed E-state index contributed by atoms with van der Waals surface area (Å²) in [4.78, 5) is 5.05. The zero-order chi connectivity index (χ0) is 36.0. The van der Waals surface area contributed by atoms with Crippen LogP contribution < -0.4 is 26.2 Å². The van der Waals surface area contributed by atoms with Gasteiger partial charge in [0.15, 0.2) is 0 Å². The van der Waals surface area contributed by atoms with Crippen LogP contribution in [0.25, 0.3) is 54.2 Å². The summed E-state index contributed by atoms with van der Waals surface area (Å²) in [5, 5.41) is 10.1. The van der Waals surface area contributed by atoms with Crippen molar-refractivity contribution in [3.05, 3.63) is 200 Å². The molecule has 2 aliphatic heterocycles. The van der Waals surface area contributed by atoms with Crippen LogP contribution in [-0.2, 0) is 0 Å². The largest absolute Gasteiger partial charge is 0.311 e. The lowest BCUT2D eigenvalue weighted by atomic mass is 9.33. The number of benzene rings is 10. The van der Waals surface area contributed by atoms with E-state index in [2.05, 4.69) is 210 Å². The summed E-state index contributed by atoms with van der Waals surface area (Å²) in [6, 6.07) is 74.3. The first kappa shape index (κ1) is 30.4. The molecule has 3 heteroatoms. The number of hydrogen-bond donors (Lipinski definition) is 0. The second-order valence-corrected chi connectivity index (χ2v) is 14.9. The molecule has 10 aromatic rings. The van der Waals surface area contributed by atoms with Crippen LogP contribution in [0.5, 0.6) is 0 Å². The van der Waals surface area contributed by atoms with Gasteiger partial charge in [-0.15, -0.1) is 0 Å². The number of anilines is 6. The summed E-state index contributed by atoms with van der Waals surface area (Å²) in [5.41, 5.74) is 13.5. The number of para-hydroxylation sites is 2. The Morgan fingerprint density at radius 1 is 0.291 bits per heavy atom. The Kier molecular flexibility index (Phi) is 6.46. The van der Waals surface area contributed by atoms with E-state index in [1.807, 2.05) is 0 Å². The quantitative estimate of drug-likeness (QED) is 0.134. The van der Waals surface area contributed by atoms with Gasteiger partial charge in [-0.25, -0.2) is 0 Å². The molecule has 55 heavy (non-hydrogen) atoms. The van der Waals surface area contributed by atoms with E-state index >= 15 is 0 Å². The van der Waals surface area contributed by atoms with Gasteiger partial charge in [0, 0.05) is 34.1 Å². The van der Waals surface area contributed by atoms with Crippen LogP contribution in [0.2, 0.25) is 0 Å². The zero-order valence-electron chi connectivity index (χ0n) is 30.0. The van der Waals surface area contributed by atoms with Gasteiger partial charge in [0.05, 0.1) is 0 Å². The third kappa shape index (κ3) is 4.50. The van der Waals surface area contributed by atoms with Crippen molar-refractivity contribution in [2.75, 3.05) is 9.80 Å². The number of fused-ring (bicyclic) bond motifs is 10. The van der Waals surface area contributed by atoms with Crippen molar-refractivity contribution in [1.82, 2.24) is 0 Å². The SMILES string of the molecule is c1ccc(-c2cc3c4c(c2)N(c2ccccc2)c2cc5ccc6ccccc6c5cc2B4c2cc4c(ccc5ccccc54)cc2N3c2ccccc2)cc1. The molecule has 0 N–H and O–H groups in total. The number of rotatable bonds is 3. The van der Waals surface area contributed by atoms with E-state index in [9.17, 15) is 0 Å². The van der Waals surface area contributed by atoms with Crippen LogP contribution >= 0.6 is 0 Å². The standard InChI is InChI=1S/C52H33BN2/c1-4-14-34(15-5-1)39-30-50-52-51(31-39)55(41-20-8-3-9-21-41)49-29-38-27-25-36-17-11-13-23-43(36)45(38)33-47(49)53(52)46-32-44-37(26-24-35-16-10-12-22-42(35)44)28-48(46)54(50)40-18-6-2-7-19-40/h1-33H. The summed E-state index contributed by atoms with van der Waals surface area (Å²) in [6.07, 6.45) is 0. The number of hydrogen-bond acceptors (Lipinski definition) is 2. The molecule has 0 spiro atoms. The Hall–Kier alpha value is -7.10. The fraction of sp³-hybridized carbons (Fsp3) is 0. The molecule has 0 amide bonds. The Balaban J connectivity index is 1.27. The topological polar surface area (TPSA) is 6.48 Å². The minimum Gasteiger partial charge on any atom is -0.311 e. The maximum atomic E-state index is 2.52. The minimum absolute atomic E-state index is 0.00788. The Bertz CT molecular complexity index is 2970. The number of nitrogens with zero attached hydrogens (tertiary/aromatic N) is 2. The molecule has 0 radical (unpaired) electrons. The van der Waals surface area contributed by atoms with E-state index in [0.717, 1.165) is 11.4 Å². The normalized spacial score (nSPS) is 13.0. The van der Waals surface area contributed by atoms with Gasteiger partial charge in [-0.2, -0.15) is 0 Å². The Morgan fingerprint density at radius 2 is 0.709 bits per heavy atom. The van der Waals surface area contributed by atoms with Gasteiger partial charge >= 0.3 is 0 Å². The van der Waals surface area contributed by atoms with Crippen molar-refractivity contribution in [1.29, 1.82) is 0 Å². The Labute approximate surface area is 320 Å². The molecule has 2 nitrogen and oxygen atoms in total. The fourth-order valence-corrected chi connectivity index (χ4v) is 9.50. The van der Waals surface area contributed by atoms with Gasteiger partial charge in [-0.3, -0.25) is 0 Å². The van der Waals surface area contributed by atoms with Gasteiger partial charge in [0.2, 0.25) is 0 Å². The molecule has 0 saturated carbocycles. The molecule has 2 aliphatic rings. The van der Waals surface area contributed by atoms with Crippen molar-refractivity contribution in [3.63, 3.8) is 0 Å². The van der Waals surface area contributed by atoms with E-state index < -0.39 is 0 Å². The van der Waals surface area contributed by atoms with E-state index in [1.165, 1.54) is 93.4 Å². The van der Waals surface area contributed by atoms with E-state index in [4.69, 9.17) is 0 Å². The molecule has 2 heterocycles. The first-order chi connectivity index (χ1) is 27.3. The molecule has 0 fully saturated rings. The second kappa shape index (κ2) is 11.7. The highest BCUT2D eigenvalue weighted by Gasteiger charge is 2.44. The monoisotopic (exact) mass is 696 g/mol. The maximum absolute atomic E-state index is 2.52. The molecular weight excluding hydrogens is 663 g/mol. The highest BCUT2D eigenvalue weighted by Crippen LogP contribution is 2.47. The summed E-state index contributed by atoms with van der Waals surface area (Å²) in [7, 11) is 0. The molecule has 0 atom stereocenters. The fourth-order valence-electron chi connectivity index (χ4n) is 9.50. The zero-order valence-corrected chi connectivity index (χ0v) is 30.0. The van der Waals surface area contributed by atoms with Gasteiger partial charge < -0.3 is 9.80 Å². The van der Waals surface area contributed by atoms with Gasteiger partial charge in [-0.05, 0) is 119 Å². The summed E-state index contributed by atoms with van der Waals surface area (Å²) < 4.78 is 0. The third-order valence-corrected chi connectivity index (χ3v) is 11.9. The van der Waals surface area contributed by atoms with Crippen molar-refractivity contribution < 1.29 is 0 Å². The van der Waals surface area contributed by atoms with Crippen LogP contribution in [0.1, 0.15) is 0 Å². The average molecular weight is 697 g/mol. The lowest BCUT2D eigenvalue weighted by Gasteiger charge is -2.44. The smallest absolute Gasteiger partial charge is 0.252 e. The van der Waals surface area contributed by atoms with Gasteiger partial charge in [-0.1, -0.05) is 152 Å². The molecule has 0 bridgehead atoms. The van der Waals surface area contributed by atoms with Crippen LogP contribution in [-0.4, -0.2) is 6.71 Å². The van der Waals surface area contributed by atoms with Crippen LogP contribution in [0.3, 0.4) is 0 Å². The first-order valence-corrected chi connectivity index (χ1v) is 19.1. The van der Waals surface area contributed by atoms with Crippen molar-refractivity contribution in [3.8, 4) is 11.1 Å². The van der Waals surface area contributed by atoms with Crippen molar-refractivity contribution in [2.45, 2.75) is 0 Å². The predicted molar refractivity (Wildman–Crippen MR) is 236 cm³/mol. The van der Waals surface area contributed by atoms with Crippen molar-refractivity contribution in [2.24, 2.45) is 0 Å². The molecule has 0 unspecified atom stereocenters. The second-order valence-electron chi connectivity index (χ2n) is 14.9. The lowest BCUT2D eigenvalue weighted by molar-refractivity contribution is 1.26. The van der Waals surface area contributed by atoms with Crippen LogP contribution in [0.4, 0.5) is 34.1 Å².